The minimum absolute atomic E-state index is 0.221. The fourth-order valence-corrected chi connectivity index (χ4v) is 1.73. The maximum absolute atomic E-state index is 11.6. The van der Waals surface area contributed by atoms with E-state index >= 15 is 0 Å². The first kappa shape index (κ1) is 12.2. The summed E-state index contributed by atoms with van der Waals surface area (Å²) in [5.41, 5.74) is 2.31. The second kappa shape index (κ2) is 5.40. The summed E-state index contributed by atoms with van der Waals surface area (Å²) in [4.78, 5) is 15.9. The first-order chi connectivity index (χ1) is 9.81. The van der Waals surface area contributed by atoms with Gasteiger partial charge in [-0.3, -0.25) is 9.89 Å². The number of carbonyl (C=O) groups is 1. The number of amides is 1. The van der Waals surface area contributed by atoms with Crippen molar-refractivity contribution in [1.29, 1.82) is 0 Å². The predicted molar refractivity (Wildman–Crippen MR) is 73.5 cm³/mol. The van der Waals surface area contributed by atoms with E-state index in [1.807, 2.05) is 24.3 Å². The number of aromatic nitrogens is 3. The summed E-state index contributed by atoms with van der Waals surface area (Å²) < 4.78 is 5.47. The molecule has 0 unspecified atom stereocenters. The van der Waals surface area contributed by atoms with Gasteiger partial charge in [0.1, 0.15) is 5.52 Å². The lowest BCUT2D eigenvalue weighted by atomic mass is 10.3. The molecule has 2 aromatic heterocycles. The highest BCUT2D eigenvalue weighted by atomic mass is 16.3. The zero-order valence-electron chi connectivity index (χ0n) is 10.5. The molecule has 1 aromatic carbocycles. The Kier molecular flexibility index (Phi) is 3.28. The lowest BCUT2D eigenvalue weighted by Gasteiger charge is -1.97. The number of carbonyl (C=O) groups excluding carboxylic acids is 1. The molecule has 0 bridgehead atoms. The lowest BCUT2D eigenvalue weighted by Crippen LogP contribution is -2.20. The molecule has 20 heavy (non-hydrogen) atoms. The topological polar surface area (TPSA) is 83.8 Å². The van der Waals surface area contributed by atoms with Crippen LogP contribution in [0.25, 0.3) is 17.2 Å². The molecule has 6 heteroatoms. The first-order valence-corrected chi connectivity index (χ1v) is 6.11. The molecule has 0 saturated carbocycles. The Morgan fingerprint density at radius 1 is 1.35 bits per heavy atom. The van der Waals surface area contributed by atoms with Gasteiger partial charge in [-0.2, -0.15) is 5.10 Å². The molecule has 0 aliphatic rings. The van der Waals surface area contributed by atoms with Gasteiger partial charge in [0.2, 0.25) is 11.8 Å². The number of nitrogens with one attached hydrogen (secondary N) is 2. The summed E-state index contributed by atoms with van der Waals surface area (Å²) in [5, 5.41) is 9.29. The van der Waals surface area contributed by atoms with Crippen molar-refractivity contribution in [3.05, 3.63) is 54.2 Å². The van der Waals surface area contributed by atoms with Gasteiger partial charge >= 0.3 is 0 Å². The smallest absolute Gasteiger partial charge is 0.244 e. The molecule has 0 radical (unpaired) electrons. The maximum Gasteiger partial charge on any atom is 0.244 e. The van der Waals surface area contributed by atoms with Crippen LogP contribution >= 0.6 is 0 Å². The summed E-state index contributed by atoms with van der Waals surface area (Å²) in [7, 11) is 0. The van der Waals surface area contributed by atoms with Crippen LogP contribution in [0.4, 0.5) is 0 Å². The first-order valence-electron chi connectivity index (χ1n) is 6.11. The van der Waals surface area contributed by atoms with E-state index in [0.717, 1.165) is 11.2 Å². The zero-order valence-corrected chi connectivity index (χ0v) is 10.5. The van der Waals surface area contributed by atoms with Gasteiger partial charge in [-0.25, -0.2) is 4.98 Å². The molecule has 6 nitrogen and oxygen atoms in total. The van der Waals surface area contributed by atoms with Crippen LogP contribution in [0.2, 0.25) is 0 Å². The number of fused-ring (bicyclic) bond motifs is 1. The number of hydrogen-bond donors (Lipinski definition) is 2. The third kappa shape index (κ3) is 2.74. The van der Waals surface area contributed by atoms with Gasteiger partial charge in [0, 0.05) is 18.3 Å². The van der Waals surface area contributed by atoms with Crippen LogP contribution in [0.15, 0.2) is 47.0 Å². The standard InChI is InChI=1S/C14H12N4O2/c19-13(15-9-10-7-8-16-18-10)5-6-14-17-11-3-1-2-4-12(11)20-14/h1-8H,9H2,(H,15,19)(H,16,18)/b6-5+. The number of para-hydroxylation sites is 2. The molecule has 0 atom stereocenters. The van der Waals surface area contributed by atoms with Crippen LogP contribution in [-0.2, 0) is 11.3 Å². The zero-order chi connectivity index (χ0) is 13.8. The van der Waals surface area contributed by atoms with Crippen molar-refractivity contribution in [2.75, 3.05) is 0 Å². The van der Waals surface area contributed by atoms with E-state index in [2.05, 4.69) is 20.5 Å². The molecule has 3 aromatic rings. The van der Waals surface area contributed by atoms with E-state index in [1.54, 1.807) is 18.3 Å². The molecule has 1 amide bonds. The fourth-order valence-electron chi connectivity index (χ4n) is 1.73. The van der Waals surface area contributed by atoms with Crippen molar-refractivity contribution >= 4 is 23.1 Å². The van der Waals surface area contributed by atoms with Gasteiger partial charge in [-0.15, -0.1) is 0 Å². The van der Waals surface area contributed by atoms with E-state index in [-0.39, 0.29) is 5.91 Å². The number of benzene rings is 1. The predicted octanol–water partition coefficient (Wildman–Crippen LogP) is 1.88. The van der Waals surface area contributed by atoms with Gasteiger partial charge in [0.15, 0.2) is 5.58 Å². The van der Waals surface area contributed by atoms with Crippen molar-refractivity contribution in [2.45, 2.75) is 6.54 Å². The second-order valence-electron chi connectivity index (χ2n) is 4.15. The van der Waals surface area contributed by atoms with E-state index in [4.69, 9.17) is 4.42 Å². The molecular formula is C14H12N4O2. The summed E-state index contributed by atoms with van der Waals surface area (Å²) in [6, 6.07) is 9.24. The molecule has 0 spiro atoms. The van der Waals surface area contributed by atoms with E-state index in [1.165, 1.54) is 6.08 Å². The van der Waals surface area contributed by atoms with Gasteiger partial charge in [-0.1, -0.05) is 12.1 Å². The number of aromatic amines is 1. The van der Waals surface area contributed by atoms with Crippen LogP contribution in [0.5, 0.6) is 0 Å². The fraction of sp³-hybridized carbons (Fsp3) is 0.0714. The van der Waals surface area contributed by atoms with Gasteiger partial charge in [-0.05, 0) is 18.2 Å². The highest BCUT2D eigenvalue weighted by molar-refractivity contribution is 5.91. The normalized spacial score (nSPS) is 11.2. The Balaban J connectivity index is 1.62. The van der Waals surface area contributed by atoms with Crippen LogP contribution in [0.1, 0.15) is 11.6 Å². The second-order valence-corrected chi connectivity index (χ2v) is 4.15. The quantitative estimate of drug-likeness (QED) is 0.708. The molecular weight excluding hydrogens is 256 g/mol. The Morgan fingerprint density at radius 3 is 3.05 bits per heavy atom. The highest BCUT2D eigenvalue weighted by Gasteiger charge is 2.02. The van der Waals surface area contributed by atoms with E-state index in [0.29, 0.717) is 18.0 Å². The molecule has 0 fully saturated rings. The Bertz CT molecular complexity index is 710. The minimum atomic E-state index is -0.221. The lowest BCUT2D eigenvalue weighted by molar-refractivity contribution is -0.116. The van der Waals surface area contributed by atoms with E-state index < -0.39 is 0 Å². The summed E-state index contributed by atoms with van der Waals surface area (Å²) in [6.45, 7) is 0.400. The highest BCUT2D eigenvalue weighted by Crippen LogP contribution is 2.15. The summed E-state index contributed by atoms with van der Waals surface area (Å²) >= 11 is 0. The number of oxazole rings is 1. The molecule has 100 valence electrons. The largest absolute Gasteiger partial charge is 0.437 e. The van der Waals surface area contributed by atoms with Crippen molar-refractivity contribution in [3.63, 3.8) is 0 Å². The maximum atomic E-state index is 11.6. The van der Waals surface area contributed by atoms with E-state index in [9.17, 15) is 4.79 Å². The average Bonchev–Trinajstić information content (AvgIpc) is 3.11. The number of rotatable bonds is 4. The average molecular weight is 268 g/mol. The van der Waals surface area contributed by atoms with Crippen LogP contribution in [-0.4, -0.2) is 21.1 Å². The number of hydrogen-bond acceptors (Lipinski definition) is 4. The van der Waals surface area contributed by atoms with Crippen molar-refractivity contribution < 1.29 is 9.21 Å². The van der Waals surface area contributed by atoms with Gasteiger partial charge < -0.3 is 9.73 Å². The molecule has 0 saturated heterocycles. The van der Waals surface area contributed by atoms with Crippen LogP contribution in [0, 0.1) is 0 Å². The molecule has 2 N–H and O–H groups in total. The SMILES string of the molecule is O=C(/C=C/c1nc2ccccc2o1)NCc1ccn[nH]1. The third-order valence-corrected chi connectivity index (χ3v) is 2.70. The van der Waals surface area contributed by atoms with Crippen molar-refractivity contribution in [3.8, 4) is 0 Å². The third-order valence-electron chi connectivity index (χ3n) is 2.70. The van der Waals surface area contributed by atoms with Gasteiger partial charge in [0.25, 0.3) is 0 Å². The van der Waals surface area contributed by atoms with Crippen LogP contribution in [0.3, 0.4) is 0 Å². The molecule has 2 heterocycles. The molecule has 0 aliphatic heterocycles. The number of H-pyrrole nitrogens is 1. The van der Waals surface area contributed by atoms with Crippen LogP contribution < -0.4 is 5.32 Å². The molecule has 0 aliphatic carbocycles. The molecule has 3 rings (SSSR count). The minimum Gasteiger partial charge on any atom is -0.437 e. The Labute approximate surface area is 114 Å². The monoisotopic (exact) mass is 268 g/mol. The Morgan fingerprint density at radius 2 is 2.25 bits per heavy atom. The Hall–Kier alpha value is -2.89. The summed E-state index contributed by atoms with van der Waals surface area (Å²) in [6.07, 6.45) is 4.57. The number of nitrogens with zero attached hydrogens (tertiary/aromatic N) is 2. The van der Waals surface area contributed by atoms with Crippen molar-refractivity contribution in [1.82, 2.24) is 20.5 Å². The van der Waals surface area contributed by atoms with Crippen molar-refractivity contribution in [2.24, 2.45) is 0 Å². The summed E-state index contributed by atoms with van der Waals surface area (Å²) in [5.74, 6) is 0.185. The van der Waals surface area contributed by atoms with Gasteiger partial charge in [0.05, 0.1) is 12.2 Å².